The molecule has 0 aliphatic heterocycles. The molecule has 3 heteroatoms. The molecule has 17 heavy (non-hydrogen) atoms. The number of hydrogen-bond acceptors (Lipinski definition) is 1. The number of thioether (sulfide) groups is 1. The third-order valence-electron chi connectivity index (χ3n) is 2.37. The van der Waals surface area contributed by atoms with Gasteiger partial charge in [-0.15, -0.1) is 23.4 Å². The van der Waals surface area contributed by atoms with Crippen molar-refractivity contribution < 1.29 is 0 Å². The van der Waals surface area contributed by atoms with Crippen molar-refractivity contribution in [3.63, 3.8) is 0 Å². The van der Waals surface area contributed by atoms with E-state index in [-0.39, 0.29) is 5.38 Å². The van der Waals surface area contributed by atoms with Crippen LogP contribution in [-0.2, 0) is 0 Å². The fraction of sp³-hybridized carbons (Fsp3) is 0.143. The van der Waals surface area contributed by atoms with Crippen LogP contribution >= 0.6 is 35.0 Å². The van der Waals surface area contributed by atoms with Crippen molar-refractivity contribution >= 4 is 35.0 Å². The van der Waals surface area contributed by atoms with Crippen molar-refractivity contribution in [1.82, 2.24) is 0 Å². The molecule has 0 heterocycles. The van der Waals surface area contributed by atoms with Gasteiger partial charge in [0.2, 0.25) is 0 Å². The predicted molar refractivity (Wildman–Crippen MR) is 77.2 cm³/mol. The zero-order valence-corrected chi connectivity index (χ0v) is 11.5. The Morgan fingerprint density at radius 2 is 1.59 bits per heavy atom. The van der Waals surface area contributed by atoms with Gasteiger partial charge in [-0.2, -0.15) is 0 Å². The molecule has 0 radical (unpaired) electrons. The van der Waals surface area contributed by atoms with E-state index in [1.165, 1.54) is 4.90 Å². The second kappa shape index (κ2) is 6.34. The molecule has 2 rings (SSSR count). The van der Waals surface area contributed by atoms with Gasteiger partial charge in [-0.3, -0.25) is 0 Å². The molecule has 2 aromatic rings. The van der Waals surface area contributed by atoms with E-state index >= 15 is 0 Å². The molecule has 0 spiro atoms. The molecule has 0 aliphatic carbocycles. The summed E-state index contributed by atoms with van der Waals surface area (Å²) in [6.45, 7) is 0. The summed E-state index contributed by atoms with van der Waals surface area (Å²) < 4.78 is 0. The maximum atomic E-state index is 6.34. The van der Waals surface area contributed by atoms with E-state index in [0.29, 0.717) is 0 Å². The minimum absolute atomic E-state index is 0.0388. The van der Waals surface area contributed by atoms with Crippen LogP contribution in [0.15, 0.2) is 59.5 Å². The number of rotatable bonds is 4. The molecule has 0 saturated heterocycles. The summed E-state index contributed by atoms with van der Waals surface area (Å²) in [5, 5.41) is 0.803. The van der Waals surface area contributed by atoms with Gasteiger partial charge in [0.15, 0.2) is 0 Å². The zero-order chi connectivity index (χ0) is 12.1. The summed E-state index contributed by atoms with van der Waals surface area (Å²) in [5.41, 5.74) is 1.16. The van der Waals surface area contributed by atoms with Gasteiger partial charge in [0.1, 0.15) is 0 Å². The summed E-state index contributed by atoms with van der Waals surface area (Å²) in [4.78, 5) is 1.19. The van der Waals surface area contributed by atoms with Crippen molar-refractivity contribution in [2.75, 3.05) is 5.75 Å². The van der Waals surface area contributed by atoms with Gasteiger partial charge in [-0.1, -0.05) is 41.9 Å². The van der Waals surface area contributed by atoms with Crippen LogP contribution in [0.3, 0.4) is 0 Å². The van der Waals surface area contributed by atoms with Gasteiger partial charge in [0.25, 0.3) is 0 Å². The molecule has 0 N–H and O–H groups in total. The average molecular weight is 283 g/mol. The molecule has 0 fully saturated rings. The maximum absolute atomic E-state index is 6.34. The molecule has 1 atom stereocenters. The topological polar surface area (TPSA) is 0 Å². The first-order valence-electron chi connectivity index (χ1n) is 5.33. The van der Waals surface area contributed by atoms with Crippen LogP contribution in [0.5, 0.6) is 0 Å². The number of benzene rings is 2. The normalized spacial score (nSPS) is 12.4. The van der Waals surface area contributed by atoms with Crippen LogP contribution < -0.4 is 0 Å². The van der Waals surface area contributed by atoms with Gasteiger partial charge >= 0.3 is 0 Å². The Labute approximate surface area is 116 Å². The van der Waals surface area contributed by atoms with E-state index in [1.54, 1.807) is 11.8 Å². The Bertz CT molecular complexity index is 453. The van der Waals surface area contributed by atoms with Crippen LogP contribution in [0.4, 0.5) is 0 Å². The molecular formula is C14H12Cl2S. The van der Waals surface area contributed by atoms with E-state index in [2.05, 4.69) is 12.1 Å². The summed E-state index contributed by atoms with van der Waals surface area (Å²) in [6.07, 6.45) is 0. The highest BCUT2D eigenvalue weighted by molar-refractivity contribution is 7.99. The van der Waals surface area contributed by atoms with Crippen molar-refractivity contribution in [3.8, 4) is 0 Å². The van der Waals surface area contributed by atoms with Gasteiger partial charge in [0, 0.05) is 15.7 Å². The second-order valence-corrected chi connectivity index (χ2v) is 5.70. The largest absolute Gasteiger partial charge is 0.124 e. The van der Waals surface area contributed by atoms with Crippen LogP contribution in [0, 0.1) is 0 Å². The van der Waals surface area contributed by atoms with Gasteiger partial charge in [0.05, 0.1) is 5.38 Å². The second-order valence-electron chi connectivity index (χ2n) is 3.64. The lowest BCUT2D eigenvalue weighted by Gasteiger charge is -2.09. The van der Waals surface area contributed by atoms with Crippen LogP contribution in [0.25, 0.3) is 0 Å². The van der Waals surface area contributed by atoms with Gasteiger partial charge in [-0.25, -0.2) is 0 Å². The Kier molecular flexibility index (Phi) is 4.78. The van der Waals surface area contributed by atoms with Gasteiger partial charge < -0.3 is 0 Å². The molecule has 0 aliphatic rings. The summed E-state index contributed by atoms with van der Waals surface area (Å²) in [7, 11) is 0. The molecule has 0 aromatic heterocycles. The Balaban J connectivity index is 1.92. The quantitative estimate of drug-likeness (QED) is 0.534. The Hall–Kier alpha value is -0.630. The van der Waals surface area contributed by atoms with Crippen molar-refractivity contribution in [2.45, 2.75) is 10.3 Å². The van der Waals surface area contributed by atoms with E-state index in [0.717, 1.165) is 16.3 Å². The average Bonchev–Trinajstić information content (AvgIpc) is 2.39. The Morgan fingerprint density at radius 3 is 2.24 bits per heavy atom. The highest BCUT2D eigenvalue weighted by Gasteiger charge is 2.07. The van der Waals surface area contributed by atoms with Crippen LogP contribution in [0.2, 0.25) is 5.02 Å². The van der Waals surface area contributed by atoms with Crippen molar-refractivity contribution in [2.24, 2.45) is 0 Å². The fourth-order valence-electron chi connectivity index (χ4n) is 1.46. The highest BCUT2D eigenvalue weighted by Crippen LogP contribution is 2.29. The molecule has 88 valence electrons. The number of hydrogen-bond donors (Lipinski definition) is 0. The predicted octanol–water partition coefficient (Wildman–Crippen LogP) is 5.41. The third kappa shape index (κ3) is 3.95. The lowest BCUT2D eigenvalue weighted by molar-refractivity contribution is 1.10. The van der Waals surface area contributed by atoms with E-state index in [1.807, 2.05) is 42.5 Å². The number of alkyl halides is 1. The van der Waals surface area contributed by atoms with Crippen LogP contribution in [0.1, 0.15) is 10.9 Å². The molecule has 0 bridgehead atoms. The first-order chi connectivity index (χ1) is 8.25. The first-order valence-corrected chi connectivity index (χ1v) is 7.13. The van der Waals surface area contributed by atoms with E-state index < -0.39 is 0 Å². The third-order valence-corrected chi connectivity index (χ3v) is 4.32. The molecule has 0 saturated carbocycles. The number of halogens is 2. The van der Waals surface area contributed by atoms with E-state index in [4.69, 9.17) is 23.2 Å². The lowest BCUT2D eigenvalue weighted by atomic mass is 10.2. The summed E-state index contributed by atoms with van der Waals surface area (Å²) in [5.74, 6) is 0.854. The van der Waals surface area contributed by atoms with Gasteiger partial charge in [-0.05, 0) is 29.8 Å². The summed E-state index contributed by atoms with van der Waals surface area (Å²) >= 11 is 13.9. The fourth-order valence-corrected chi connectivity index (χ4v) is 2.78. The summed E-state index contributed by atoms with van der Waals surface area (Å²) in [6, 6.07) is 18.0. The Morgan fingerprint density at radius 1 is 0.941 bits per heavy atom. The minimum atomic E-state index is 0.0388. The smallest absolute Gasteiger partial charge is 0.0679 e. The van der Waals surface area contributed by atoms with Crippen LogP contribution in [-0.4, -0.2) is 5.75 Å². The SMILES string of the molecule is Clc1ccc(SCC(Cl)c2ccccc2)cc1. The van der Waals surface area contributed by atoms with Crippen molar-refractivity contribution in [3.05, 3.63) is 65.2 Å². The first kappa shape index (κ1) is 12.8. The maximum Gasteiger partial charge on any atom is 0.0679 e. The minimum Gasteiger partial charge on any atom is -0.124 e. The molecule has 2 aromatic carbocycles. The highest BCUT2D eigenvalue weighted by atomic mass is 35.5. The zero-order valence-electron chi connectivity index (χ0n) is 9.14. The molecule has 0 nitrogen and oxygen atoms in total. The molecule has 0 amide bonds. The van der Waals surface area contributed by atoms with Crippen molar-refractivity contribution in [1.29, 1.82) is 0 Å². The molecule has 1 unspecified atom stereocenters. The van der Waals surface area contributed by atoms with E-state index in [9.17, 15) is 0 Å². The standard InChI is InChI=1S/C14H12Cl2S/c15-12-6-8-13(9-7-12)17-10-14(16)11-4-2-1-3-5-11/h1-9,14H,10H2. The monoisotopic (exact) mass is 282 g/mol. The molecular weight excluding hydrogens is 271 g/mol. The lowest BCUT2D eigenvalue weighted by Crippen LogP contribution is -1.93.